The minimum atomic E-state index is 0.849. The summed E-state index contributed by atoms with van der Waals surface area (Å²) < 4.78 is 13.2. The van der Waals surface area contributed by atoms with Crippen LogP contribution in [0.2, 0.25) is 0 Å². The van der Waals surface area contributed by atoms with E-state index in [9.17, 15) is 0 Å². The molecule has 3 nitrogen and oxygen atoms in total. The largest absolute Gasteiger partial charge is 0.456 e. The molecular weight excluding hydrogens is 526 g/mol. The van der Waals surface area contributed by atoms with E-state index in [0.29, 0.717) is 0 Å². The van der Waals surface area contributed by atoms with Crippen molar-refractivity contribution < 1.29 is 8.83 Å². The number of benzene rings is 7. The smallest absolute Gasteiger partial charge is 0.159 e. The van der Waals surface area contributed by atoms with Crippen LogP contribution in [0.25, 0.3) is 65.8 Å². The molecule has 0 N–H and O–H groups in total. The number of hydrogen-bond donors (Lipinski definition) is 0. The molecule has 3 heteroatoms. The fourth-order valence-corrected chi connectivity index (χ4v) is 6.61. The average Bonchev–Trinajstić information content (AvgIpc) is 3.65. The highest BCUT2D eigenvalue weighted by molar-refractivity contribution is 6.24. The Morgan fingerprint density at radius 2 is 1.02 bits per heavy atom. The van der Waals surface area contributed by atoms with Crippen molar-refractivity contribution >= 4 is 71.7 Å². The third-order valence-electron chi connectivity index (χ3n) is 8.45. The van der Waals surface area contributed by atoms with Gasteiger partial charge in [-0.3, -0.25) is 0 Å². The Balaban J connectivity index is 1.38. The highest BCUT2D eigenvalue weighted by Crippen LogP contribution is 2.47. The summed E-state index contributed by atoms with van der Waals surface area (Å²) in [7, 11) is 0. The summed E-state index contributed by atoms with van der Waals surface area (Å²) >= 11 is 0. The van der Waals surface area contributed by atoms with Crippen molar-refractivity contribution in [1.29, 1.82) is 0 Å². The quantitative estimate of drug-likeness (QED) is 0.218. The van der Waals surface area contributed by atoms with E-state index in [4.69, 9.17) is 8.83 Å². The fourth-order valence-electron chi connectivity index (χ4n) is 6.61. The average molecular weight is 552 g/mol. The molecule has 0 radical (unpaired) electrons. The molecule has 9 aromatic rings. The lowest BCUT2D eigenvalue weighted by Gasteiger charge is -2.26. The van der Waals surface area contributed by atoms with Crippen LogP contribution in [-0.4, -0.2) is 0 Å². The zero-order valence-electron chi connectivity index (χ0n) is 23.2. The lowest BCUT2D eigenvalue weighted by molar-refractivity contribution is 0.668. The van der Waals surface area contributed by atoms with E-state index in [-0.39, 0.29) is 0 Å². The second kappa shape index (κ2) is 9.37. The number of furan rings is 2. The lowest BCUT2D eigenvalue weighted by atomic mass is 9.95. The molecule has 2 aromatic heterocycles. The second-order valence-electron chi connectivity index (χ2n) is 10.9. The molecule has 0 saturated heterocycles. The summed E-state index contributed by atoms with van der Waals surface area (Å²) in [5.74, 6) is 0. The minimum Gasteiger partial charge on any atom is -0.456 e. The van der Waals surface area contributed by atoms with Crippen LogP contribution in [0.3, 0.4) is 0 Å². The van der Waals surface area contributed by atoms with Gasteiger partial charge in [-0.2, -0.15) is 0 Å². The summed E-state index contributed by atoms with van der Waals surface area (Å²) in [5, 5.41) is 6.78. The monoisotopic (exact) mass is 551 g/mol. The summed E-state index contributed by atoms with van der Waals surface area (Å²) in [4.78, 5) is 2.30. The van der Waals surface area contributed by atoms with Gasteiger partial charge in [-0.15, -0.1) is 0 Å². The Hall–Kier alpha value is -5.80. The Morgan fingerprint density at radius 1 is 0.395 bits per heavy atom. The van der Waals surface area contributed by atoms with Crippen LogP contribution in [0.5, 0.6) is 0 Å². The molecule has 0 aliphatic rings. The lowest BCUT2D eigenvalue weighted by Crippen LogP contribution is -2.10. The van der Waals surface area contributed by atoms with E-state index < -0.39 is 0 Å². The molecule has 2 heterocycles. The molecule has 9 rings (SSSR count). The van der Waals surface area contributed by atoms with Gasteiger partial charge < -0.3 is 13.7 Å². The molecule has 0 amide bonds. The van der Waals surface area contributed by atoms with Crippen LogP contribution in [0.4, 0.5) is 17.1 Å². The Kier molecular flexibility index (Phi) is 5.20. The molecule has 0 unspecified atom stereocenters. The van der Waals surface area contributed by atoms with E-state index >= 15 is 0 Å². The highest BCUT2D eigenvalue weighted by Gasteiger charge is 2.24. The third kappa shape index (κ3) is 3.62. The van der Waals surface area contributed by atoms with E-state index in [1.54, 1.807) is 0 Å². The van der Waals surface area contributed by atoms with Gasteiger partial charge in [0.05, 0.1) is 16.8 Å². The number of hydrogen-bond acceptors (Lipinski definition) is 3. The van der Waals surface area contributed by atoms with Crippen LogP contribution >= 0.6 is 0 Å². The van der Waals surface area contributed by atoms with Crippen molar-refractivity contribution in [3.8, 4) is 11.1 Å². The Labute approximate surface area is 247 Å². The molecule has 0 aliphatic heterocycles. The summed E-state index contributed by atoms with van der Waals surface area (Å²) in [5.41, 5.74) is 8.85. The van der Waals surface area contributed by atoms with E-state index in [0.717, 1.165) is 60.9 Å². The van der Waals surface area contributed by atoms with Gasteiger partial charge in [-0.05, 0) is 64.4 Å². The van der Waals surface area contributed by atoms with Crippen LogP contribution in [0.15, 0.2) is 160 Å². The Morgan fingerprint density at radius 3 is 1.86 bits per heavy atom. The van der Waals surface area contributed by atoms with E-state index in [2.05, 4.69) is 138 Å². The normalized spacial score (nSPS) is 11.7. The first-order chi connectivity index (χ1) is 21.3. The molecule has 7 aromatic carbocycles. The number of para-hydroxylation sites is 3. The van der Waals surface area contributed by atoms with Crippen LogP contribution in [0.1, 0.15) is 0 Å². The van der Waals surface area contributed by atoms with Crippen molar-refractivity contribution in [2.24, 2.45) is 0 Å². The van der Waals surface area contributed by atoms with E-state index in [1.165, 1.54) is 21.9 Å². The minimum absolute atomic E-state index is 0.849. The van der Waals surface area contributed by atoms with Gasteiger partial charge in [0.15, 0.2) is 5.58 Å². The molecule has 0 atom stereocenters. The van der Waals surface area contributed by atoms with Gasteiger partial charge in [0.1, 0.15) is 16.7 Å². The maximum atomic E-state index is 6.89. The number of fused-ring (bicyclic) bond motifs is 8. The van der Waals surface area contributed by atoms with Gasteiger partial charge in [0.2, 0.25) is 0 Å². The molecule has 0 spiro atoms. The van der Waals surface area contributed by atoms with Crippen molar-refractivity contribution in [2.75, 3.05) is 4.90 Å². The molecule has 202 valence electrons. The summed E-state index contributed by atoms with van der Waals surface area (Å²) in [6.45, 7) is 0. The molecule has 43 heavy (non-hydrogen) atoms. The SMILES string of the molecule is c1ccc(-c2cc3oc4c(N(c5ccccc5)c5cccc6oc7ccccc7c56)cccc4c3c3ccccc23)cc1. The molecule has 0 bridgehead atoms. The number of rotatable bonds is 4. The fraction of sp³-hybridized carbons (Fsp3) is 0. The van der Waals surface area contributed by atoms with Crippen molar-refractivity contribution in [3.05, 3.63) is 152 Å². The Bertz CT molecular complexity index is 2450. The maximum absolute atomic E-state index is 6.89. The predicted molar refractivity (Wildman–Crippen MR) is 179 cm³/mol. The van der Waals surface area contributed by atoms with Gasteiger partial charge >= 0.3 is 0 Å². The maximum Gasteiger partial charge on any atom is 0.159 e. The van der Waals surface area contributed by atoms with Gasteiger partial charge in [0.25, 0.3) is 0 Å². The van der Waals surface area contributed by atoms with Crippen molar-refractivity contribution in [1.82, 2.24) is 0 Å². The van der Waals surface area contributed by atoms with Crippen molar-refractivity contribution in [3.63, 3.8) is 0 Å². The van der Waals surface area contributed by atoms with Crippen molar-refractivity contribution in [2.45, 2.75) is 0 Å². The molecule has 0 saturated carbocycles. The van der Waals surface area contributed by atoms with Gasteiger partial charge in [-0.1, -0.05) is 109 Å². The first-order valence-electron chi connectivity index (χ1n) is 14.5. The molecule has 0 fully saturated rings. The van der Waals surface area contributed by atoms with Crippen LogP contribution in [-0.2, 0) is 0 Å². The summed E-state index contributed by atoms with van der Waals surface area (Å²) in [6.07, 6.45) is 0. The summed E-state index contributed by atoms with van der Waals surface area (Å²) in [6, 6.07) is 52.9. The topological polar surface area (TPSA) is 29.5 Å². The standard InChI is InChI=1S/C40H25NO2/c1-3-13-26(14-4-1)32-25-37-38(29-18-8-7-17-28(29)32)31-20-11-22-34(40(31)43-37)41(27-15-5-2-6-16-27)33-21-12-24-36-39(33)30-19-9-10-23-35(30)42-36/h1-25H. The van der Waals surface area contributed by atoms with Gasteiger partial charge in [-0.25, -0.2) is 0 Å². The van der Waals surface area contributed by atoms with Gasteiger partial charge in [0, 0.05) is 21.8 Å². The van der Waals surface area contributed by atoms with Crippen LogP contribution < -0.4 is 4.90 Å². The molecule has 0 aliphatic carbocycles. The number of anilines is 3. The zero-order valence-corrected chi connectivity index (χ0v) is 23.2. The van der Waals surface area contributed by atoms with E-state index in [1.807, 2.05) is 18.2 Å². The third-order valence-corrected chi connectivity index (χ3v) is 8.45. The first kappa shape index (κ1) is 23.9. The van der Waals surface area contributed by atoms with Crippen LogP contribution in [0, 0.1) is 0 Å². The molecular formula is C40H25NO2. The highest BCUT2D eigenvalue weighted by atomic mass is 16.3. The zero-order chi connectivity index (χ0) is 28.3. The second-order valence-corrected chi connectivity index (χ2v) is 10.9. The number of nitrogens with zero attached hydrogens (tertiary/aromatic N) is 1. The first-order valence-corrected chi connectivity index (χ1v) is 14.5. The predicted octanol–water partition coefficient (Wildman–Crippen LogP) is 11.8.